The van der Waals surface area contributed by atoms with Crippen molar-refractivity contribution in [2.24, 2.45) is 0 Å². The predicted octanol–water partition coefficient (Wildman–Crippen LogP) is 4.05. The van der Waals surface area contributed by atoms with Gasteiger partial charge in [0.25, 0.3) is 0 Å². The number of rotatable bonds is 5. The Morgan fingerprint density at radius 1 is 0.952 bits per heavy atom. The molecule has 0 radical (unpaired) electrons. The molecule has 19 heteroatoms. The molecule has 2 unspecified atom stereocenters. The molecule has 5 saturated heterocycles. The van der Waals surface area contributed by atoms with Crippen LogP contribution >= 0.6 is 0 Å². The van der Waals surface area contributed by atoms with Crippen LogP contribution in [-0.2, 0) is 20.8 Å². The standard InChI is InChI=1S/C43H42F3N13O3/c1-23-49-34-11-25(45)9-30-33-5-4-6-37(51-33)50-26-12-36(41(60)54(2)18-29(61-3)19-56(23)38(30)34)57(15-26)39-31-14-48-59(35-8-7-24(44)10-32(35)46)40(31)53-42(52-39)58-27-13-28(58)17-55(16-27)43(20-47)21-62-22-43/h4-11,14,26-29,36H,12-13,15-19,21-22H2,1-3H3,(H,50,51)/t26-,27?,28?,29-,36-/m0/s1. The third-order valence-corrected chi connectivity index (χ3v) is 13.3. The molecular formula is C43H42F3N13O3. The molecule has 10 heterocycles. The van der Waals surface area contributed by atoms with Crippen molar-refractivity contribution in [3.8, 4) is 23.0 Å². The van der Waals surface area contributed by atoms with Gasteiger partial charge in [-0.1, -0.05) is 6.07 Å². The van der Waals surface area contributed by atoms with E-state index in [2.05, 4.69) is 26.3 Å². The SMILES string of the molecule is CO[C@H]1CN(C)C(=O)[C@@H]2C[C@@H](CN2c2nc(N3C4CC3CN(C3(C#N)COC3)C4)nc3c2cnn3-c2ccc(F)cc2F)Nc2cccc(n2)-c2cc(F)cc3nc(C)n(c23)C1. The Balaban J connectivity index is 1.02. The summed E-state index contributed by atoms with van der Waals surface area (Å²) in [4.78, 5) is 42.8. The molecule has 0 spiro atoms. The number of nitriles is 1. The number of piperazine rings is 1. The second-order valence-corrected chi connectivity index (χ2v) is 17.0. The fourth-order valence-corrected chi connectivity index (χ4v) is 10.1. The Hall–Kier alpha value is -6.36. The Morgan fingerprint density at radius 2 is 1.77 bits per heavy atom. The zero-order valence-electron chi connectivity index (χ0n) is 34.2. The Morgan fingerprint density at radius 3 is 2.52 bits per heavy atom. The number of ether oxygens (including phenoxy) is 2. The lowest BCUT2D eigenvalue weighted by molar-refractivity contribution is -0.132. The summed E-state index contributed by atoms with van der Waals surface area (Å²) in [5.41, 5.74) is 1.98. The van der Waals surface area contributed by atoms with Gasteiger partial charge in [-0.05, 0) is 50.1 Å². The molecule has 62 heavy (non-hydrogen) atoms. The Labute approximate surface area is 353 Å². The van der Waals surface area contributed by atoms with E-state index in [-0.39, 0.29) is 41.9 Å². The van der Waals surface area contributed by atoms with E-state index in [1.165, 1.54) is 28.9 Å². The van der Waals surface area contributed by atoms with Gasteiger partial charge in [0.1, 0.15) is 40.8 Å². The van der Waals surface area contributed by atoms with Crippen molar-refractivity contribution in [2.45, 2.75) is 62.1 Å². The quantitative estimate of drug-likeness (QED) is 0.265. The van der Waals surface area contributed by atoms with Gasteiger partial charge >= 0.3 is 0 Å². The van der Waals surface area contributed by atoms with E-state index in [1.807, 2.05) is 34.6 Å². The molecule has 4 aromatic heterocycles. The highest BCUT2D eigenvalue weighted by Gasteiger charge is 2.55. The van der Waals surface area contributed by atoms with Gasteiger partial charge in [0.05, 0.1) is 60.2 Å². The normalized spacial score (nSPS) is 24.6. The number of carbonyl (C=O) groups is 1. The summed E-state index contributed by atoms with van der Waals surface area (Å²) in [6.07, 6.45) is 2.32. The lowest BCUT2D eigenvalue weighted by Crippen LogP contribution is -2.75. The van der Waals surface area contributed by atoms with Crippen LogP contribution in [0.2, 0.25) is 0 Å². The number of likely N-dealkylation sites (N-methyl/N-ethyl adjacent to an activating group) is 1. The number of anilines is 3. The average Bonchev–Trinajstić information content (AvgIpc) is 3.94. The smallest absolute Gasteiger partial charge is 0.245 e. The molecule has 0 saturated carbocycles. The molecule has 6 aliphatic rings. The molecule has 1 N–H and O–H groups in total. The van der Waals surface area contributed by atoms with Gasteiger partial charge in [-0.25, -0.2) is 27.8 Å². The molecule has 2 aromatic carbocycles. The van der Waals surface area contributed by atoms with E-state index in [4.69, 9.17) is 29.4 Å². The minimum absolute atomic E-state index is 0.00566. The monoisotopic (exact) mass is 845 g/mol. The summed E-state index contributed by atoms with van der Waals surface area (Å²) in [6.45, 7) is 4.65. The molecule has 0 aliphatic carbocycles. The van der Waals surface area contributed by atoms with Crippen molar-refractivity contribution < 1.29 is 27.4 Å². The molecule has 318 valence electrons. The van der Waals surface area contributed by atoms with Crippen molar-refractivity contribution in [3.05, 3.63) is 78.0 Å². The molecule has 12 rings (SSSR count). The zero-order chi connectivity index (χ0) is 42.6. The van der Waals surface area contributed by atoms with Gasteiger partial charge in [0.2, 0.25) is 11.9 Å². The topological polar surface area (TPSA) is 159 Å². The molecule has 6 aromatic rings. The number of fused-ring (bicyclic) bond motifs is 8. The first-order valence-corrected chi connectivity index (χ1v) is 20.7. The number of amides is 1. The maximum Gasteiger partial charge on any atom is 0.245 e. The van der Waals surface area contributed by atoms with Crippen molar-refractivity contribution in [1.82, 2.24) is 44.1 Å². The van der Waals surface area contributed by atoms with Crippen molar-refractivity contribution >= 4 is 45.6 Å². The highest BCUT2D eigenvalue weighted by molar-refractivity contribution is 5.94. The average molecular weight is 846 g/mol. The molecule has 6 aliphatic heterocycles. The minimum Gasteiger partial charge on any atom is -0.378 e. The van der Waals surface area contributed by atoms with E-state index in [0.717, 1.165) is 18.0 Å². The summed E-state index contributed by atoms with van der Waals surface area (Å²) in [6, 6.07) is 13.1. The van der Waals surface area contributed by atoms with Gasteiger partial charge in [0.15, 0.2) is 17.0 Å². The first kappa shape index (κ1) is 38.6. The van der Waals surface area contributed by atoms with Gasteiger partial charge in [0, 0.05) is 76.2 Å². The number of hydrogen-bond acceptors (Lipinski definition) is 13. The number of imidazole rings is 1. The summed E-state index contributed by atoms with van der Waals surface area (Å²) in [7, 11) is 3.35. The van der Waals surface area contributed by atoms with Crippen molar-refractivity contribution in [1.29, 1.82) is 5.26 Å². The lowest BCUT2D eigenvalue weighted by atomic mass is 9.83. The number of carbonyl (C=O) groups excluding carboxylic acids is 1. The maximum absolute atomic E-state index is 15.5. The van der Waals surface area contributed by atoms with Crippen LogP contribution in [0.15, 0.2) is 54.7 Å². The first-order chi connectivity index (χ1) is 30.0. The molecule has 5 fully saturated rings. The predicted molar refractivity (Wildman–Crippen MR) is 221 cm³/mol. The number of benzene rings is 2. The second-order valence-electron chi connectivity index (χ2n) is 17.0. The number of aromatic nitrogens is 7. The van der Waals surface area contributed by atoms with Crippen LogP contribution in [0.5, 0.6) is 0 Å². The second kappa shape index (κ2) is 14.4. The van der Waals surface area contributed by atoms with Crippen molar-refractivity contribution in [3.63, 3.8) is 0 Å². The minimum atomic E-state index is -0.814. The van der Waals surface area contributed by atoms with Crippen molar-refractivity contribution in [2.75, 3.05) is 68.7 Å². The van der Waals surface area contributed by atoms with Gasteiger partial charge < -0.3 is 34.1 Å². The van der Waals surface area contributed by atoms with Gasteiger partial charge in [-0.2, -0.15) is 20.3 Å². The number of halogens is 3. The first-order valence-electron chi connectivity index (χ1n) is 20.7. The summed E-state index contributed by atoms with van der Waals surface area (Å²) >= 11 is 0. The van der Waals surface area contributed by atoms with E-state index in [1.54, 1.807) is 25.3 Å². The van der Waals surface area contributed by atoms with Crippen LogP contribution in [0.1, 0.15) is 18.7 Å². The Bertz CT molecular complexity index is 2830. The number of piperidine rings is 1. The zero-order valence-corrected chi connectivity index (χ0v) is 34.2. The van der Waals surface area contributed by atoms with Gasteiger partial charge in [-0.15, -0.1) is 0 Å². The maximum atomic E-state index is 15.5. The number of methoxy groups -OCH3 is 1. The number of nitrogens with zero attached hydrogens (tertiary/aromatic N) is 12. The third-order valence-electron chi connectivity index (χ3n) is 13.3. The summed E-state index contributed by atoms with van der Waals surface area (Å²) in [5, 5.41) is 18.7. The largest absolute Gasteiger partial charge is 0.378 e. The molecule has 5 atom stereocenters. The molecule has 6 bridgehead atoms. The lowest BCUT2D eigenvalue weighted by Gasteiger charge is -2.60. The van der Waals surface area contributed by atoms with Gasteiger partial charge in [-0.3, -0.25) is 9.69 Å². The third kappa shape index (κ3) is 6.06. The Kier molecular flexibility index (Phi) is 8.93. The van der Waals surface area contributed by atoms with Crippen LogP contribution in [0.4, 0.5) is 30.8 Å². The van der Waals surface area contributed by atoms with E-state index in [9.17, 15) is 14.4 Å². The van der Waals surface area contributed by atoms with E-state index < -0.39 is 35.1 Å². The fraction of sp³-hybridized carbons (Fsp3) is 0.419. The molecule has 16 nitrogen and oxygen atoms in total. The summed E-state index contributed by atoms with van der Waals surface area (Å²) < 4.78 is 59.6. The molecule has 1 amide bonds. The van der Waals surface area contributed by atoms with Crippen LogP contribution in [0.3, 0.4) is 0 Å². The highest BCUT2D eigenvalue weighted by Crippen LogP contribution is 2.42. The highest BCUT2D eigenvalue weighted by atomic mass is 19.1. The van der Waals surface area contributed by atoms with E-state index >= 15 is 8.78 Å². The van der Waals surface area contributed by atoms with Crippen LogP contribution in [-0.4, -0.2) is 139 Å². The fourth-order valence-electron chi connectivity index (χ4n) is 10.1. The van der Waals surface area contributed by atoms with Crippen LogP contribution < -0.4 is 15.1 Å². The van der Waals surface area contributed by atoms with E-state index in [0.29, 0.717) is 91.4 Å². The van der Waals surface area contributed by atoms with Crippen LogP contribution in [0, 0.1) is 35.7 Å². The number of nitrogens with one attached hydrogen (secondary N) is 1. The summed E-state index contributed by atoms with van der Waals surface area (Å²) in [5.74, 6) is -0.125. The number of hydrogen-bond donors (Lipinski definition) is 1. The number of aryl methyl sites for hydroxylation is 1. The number of pyridine rings is 1. The molecular weight excluding hydrogens is 804 g/mol. The van der Waals surface area contributed by atoms with Crippen LogP contribution in [0.25, 0.3) is 39.0 Å².